The van der Waals surface area contributed by atoms with Gasteiger partial charge in [0.2, 0.25) is 5.96 Å². The summed E-state index contributed by atoms with van der Waals surface area (Å²) in [6.07, 6.45) is 2.62. The number of hydrazine groups is 1. The summed E-state index contributed by atoms with van der Waals surface area (Å²) >= 11 is 1.11. The number of thiazole rings is 1. The number of rotatable bonds is 5. The van der Waals surface area contributed by atoms with Crippen molar-refractivity contribution in [1.29, 1.82) is 0 Å². The molecule has 2 amide bonds. The number of nitrogens with zero attached hydrogens (tertiary/aromatic N) is 3. The third kappa shape index (κ3) is 4.26. The second-order valence-electron chi connectivity index (χ2n) is 4.93. The Balaban J connectivity index is 1.93. The lowest BCUT2D eigenvalue weighted by Crippen LogP contribution is -2.39. The van der Waals surface area contributed by atoms with Crippen molar-refractivity contribution < 1.29 is 14.0 Å². The van der Waals surface area contributed by atoms with Crippen molar-refractivity contribution in [2.24, 2.45) is 16.7 Å². The highest BCUT2D eigenvalue weighted by atomic mass is 32.1. The van der Waals surface area contributed by atoms with Crippen LogP contribution in [0.15, 0.2) is 52.3 Å². The summed E-state index contributed by atoms with van der Waals surface area (Å²) < 4.78 is 4.94. The van der Waals surface area contributed by atoms with Gasteiger partial charge in [0, 0.05) is 0 Å². The number of nitrogens with one attached hydrogen (secondary N) is 3. The molecule has 0 radical (unpaired) electrons. The Kier molecular flexibility index (Phi) is 5.39. The minimum atomic E-state index is -0.613. The zero-order valence-corrected chi connectivity index (χ0v) is 14.5. The minimum absolute atomic E-state index is 0.0593. The average molecular weight is 386 g/mol. The molecule has 1 aromatic carbocycles. The highest BCUT2D eigenvalue weighted by Gasteiger charge is 2.22. The topological polar surface area (TPSA) is 174 Å². The maximum atomic E-state index is 12.5. The number of carbonyl (C=O) groups excluding carboxylic acids is 2. The molecule has 12 heteroatoms. The lowest BCUT2D eigenvalue weighted by atomic mass is 10.1. The fourth-order valence-corrected chi connectivity index (χ4v) is 3.03. The van der Waals surface area contributed by atoms with Crippen LogP contribution in [0.1, 0.15) is 21.2 Å². The molecule has 2 heterocycles. The van der Waals surface area contributed by atoms with E-state index in [9.17, 15) is 9.59 Å². The third-order valence-corrected chi connectivity index (χ3v) is 4.17. The normalized spacial score (nSPS) is 11.1. The van der Waals surface area contributed by atoms with Gasteiger partial charge >= 0.3 is 5.91 Å². The van der Waals surface area contributed by atoms with Crippen LogP contribution in [-0.4, -0.2) is 27.7 Å². The first-order valence-electron chi connectivity index (χ1n) is 7.45. The number of hydrogen-bond donors (Lipinski definition) is 5. The van der Waals surface area contributed by atoms with Crippen LogP contribution in [0.2, 0.25) is 0 Å². The number of amides is 2. The largest absolute Gasteiger partial charge is 0.441 e. The van der Waals surface area contributed by atoms with Crippen molar-refractivity contribution in [1.82, 2.24) is 20.8 Å². The monoisotopic (exact) mass is 386 g/mol. The van der Waals surface area contributed by atoms with Gasteiger partial charge in [0.15, 0.2) is 5.13 Å². The summed E-state index contributed by atoms with van der Waals surface area (Å²) in [5.74, 6) is 3.47. The highest BCUT2D eigenvalue weighted by molar-refractivity contribution is 7.19. The Morgan fingerprint density at radius 1 is 1.19 bits per heavy atom. The molecule has 138 valence electrons. The van der Waals surface area contributed by atoms with Gasteiger partial charge in [0.1, 0.15) is 12.0 Å². The summed E-state index contributed by atoms with van der Waals surface area (Å²) in [5, 5.41) is 8.54. The summed E-state index contributed by atoms with van der Waals surface area (Å²) in [6.45, 7) is 0. The van der Waals surface area contributed by atoms with Gasteiger partial charge in [-0.15, -0.1) is 5.10 Å². The smallest absolute Gasteiger partial charge is 0.313 e. The molecule has 0 fully saturated rings. The predicted molar refractivity (Wildman–Crippen MR) is 98.4 cm³/mol. The second-order valence-corrected chi connectivity index (χ2v) is 5.93. The molecule has 0 atom stereocenters. The van der Waals surface area contributed by atoms with E-state index in [4.69, 9.17) is 16.0 Å². The van der Waals surface area contributed by atoms with Crippen molar-refractivity contribution >= 4 is 34.2 Å². The summed E-state index contributed by atoms with van der Waals surface area (Å²) in [5.41, 5.74) is 8.30. The first kappa shape index (κ1) is 18.0. The van der Waals surface area contributed by atoms with Gasteiger partial charge in [-0.2, -0.15) is 0 Å². The molecule has 0 spiro atoms. The van der Waals surface area contributed by atoms with Crippen molar-refractivity contribution in [3.63, 3.8) is 0 Å². The lowest BCUT2D eigenvalue weighted by molar-refractivity contribution is 0.0967. The van der Waals surface area contributed by atoms with Crippen LogP contribution in [0, 0.1) is 0 Å². The highest BCUT2D eigenvalue weighted by Crippen LogP contribution is 2.33. The minimum Gasteiger partial charge on any atom is -0.441 e. The number of anilines is 1. The number of oxazole rings is 1. The van der Waals surface area contributed by atoms with Crippen LogP contribution in [0.5, 0.6) is 0 Å². The van der Waals surface area contributed by atoms with Crippen LogP contribution < -0.4 is 27.7 Å². The molecule has 0 aliphatic rings. The predicted octanol–water partition coefficient (Wildman–Crippen LogP) is 0.473. The fourth-order valence-electron chi connectivity index (χ4n) is 2.07. The molecular weight excluding hydrogens is 372 g/mol. The van der Waals surface area contributed by atoms with E-state index in [-0.39, 0.29) is 22.7 Å². The summed E-state index contributed by atoms with van der Waals surface area (Å²) in [4.78, 5) is 33.1. The quantitative estimate of drug-likeness (QED) is 0.182. The Hall–Kier alpha value is -3.77. The molecule has 3 rings (SSSR count). The summed E-state index contributed by atoms with van der Waals surface area (Å²) in [6, 6.07) is 9.09. The maximum Gasteiger partial charge on any atom is 0.313 e. The van der Waals surface area contributed by atoms with Crippen LogP contribution >= 0.6 is 11.3 Å². The van der Waals surface area contributed by atoms with E-state index in [1.165, 1.54) is 12.5 Å². The van der Waals surface area contributed by atoms with Gasteiger partial charge in [0.25, 0.3) is 11.8 Å². The molecule has 2 aromatic heterocycles. The number of aromatic nitrogens is 2. The number of benzene rings is 1. The van der Waals surface area contributed by atoms with E-state index >= 15 is 0 Å². The van der Waals surface area contributed by atoms with Crippen LogP contribution in [0.25, 0.3) is 10.4 Å². The van der Waals surface area contributed by atoms with E-state index < -0.39 is 11.8 Å². The van der Waals surface area contributed by atoms with Gasteiger partial charge < -0.3 is 10.2 Å². The SMILES string of the molecule is NN/N=C(\N)NC(=O)c1nc(NC(=O)c2ncco2)sc1-c1ccccc1. The maximum absolute atomic E-state index is 12.5. The van der Waals surface area contributed by atoms with Gasteiger partial charge in [-0.3, -0.25) is 20.2 Å². The van der Waals surface area contributed by atoms with E-state index in [1.807, 2.05) is 35.9 Å². The average Bonchev–Trinajstić information content (AvgIpc) is 3.32. The zero-order valence-electron chi connectivity index (χ0n) is 13.7. The molecule has 0 aliphatic heterocycles. The van der Waals surface area contributed by atoms with Crippen LogP contribution in [0.3, 0.4) is 0 Å². The fraction of sp³-hybridized carbons (Fsp3) is 0. The van der Waals surface area contributed by atoms with E-state index in [1.54, 1.807) is 0 Å². The molecule has 0 unspecified atom stereocenters. The van der Waals surface area contributed by atoms with E-state index in [0.29, 0.717) is 4.88 Å². The molecule has 3 aromatic rings. The van der Waals surface area contributed by atoms with Gasteiger partial charge in [0.05, 0.1) is 11.1 Å². The third-order valence-electron chi connectivity index (χ3n) is 3.15. The number of guanidine groups is 1. The molecule has 27 heavy (non-hydrogen) atoms. The number of hydrogen-bond acceptors (Lipinski definition) is 9. The molecule has 11 nitrogen and oxygen atoms in total. The molecule has 7 N–H and O–H groups in total. The van der Waals surface area contributed by atoms with Crippen molar-refractivity contribution in [2.45, 2.75) is 0 Å². The molecular formula is C15H14N8O3S. The second kappa shape index (κ2) is 8.07. The standard InChI is InChI=1S/C15H14N8O3S/c16-14(22-23-17)20-11(24)9-10(8-4-2-1-3-5-8)27-15(19-9)21-12(25)13-18-6-7-26-13/h1-7,23H,17H2,(H,19,21,25)(H3,16,20,22,24). The van der Waals surface area contributed by atoms with Crippen molar-refractivity contribution in [2.75, 3.05) is 5.32 Å². The van der Waals surface area contributed by atoms with Crippen LogP contribution in [-0.2, 0) is 0 Å². The van der Waals surface area contributed by atoms with E-state index in [2.05, 4.69) is 25.7 Å². The Morgan fingerprint density at radius 2 is 1.96 bits per heavy atom. The summed E-state index contributed by atoms with van der Waals surface area (Å²) in [7, 11) is 0. The van der Waals surface area contributed by atoms with Crippen LogP contribution in [0.4, 0.5) is 5.13 Å². The Bertz CT molecular complexity index is 968. The number of hydrazone groups is 1. The molecule has 0 aliphatic carbocycles. The van der Waals surface area contributed by atoms with Crippen molar-refractivity contribution in [3.8, 4) is 10.4 Å². The number of nitrogens with two attached hydrogens (primary N) is 2. The van der Waals surface area contributed by atoms with Gasteiger partial charge in [-0.1, -0.05) is 41.7 Å². The molecule has 0 saturated carbocycles. The molecule has 0 saturated heterocycles. The molecule has 0 bridgehead atoms. The van der Waals surface area contributed by atoms with Crippen molar-refractivity contribution in [3.05, 3.63) is 54.4 Å². The van der Waals surface area contributed by atoms with Gasteiger partial charge in [-0.25, -0.2) is 21.3 Å². The zero-order chi connectivity index (χ0) is 19.2. The Morgan fingerprint density at radius 3 is 2.63 bits per heavy atom. The van der Waals surface area contributed by atoms with Gasteiger partial charge in [-0.05, 0) is 5.56 Å². The Labute approximate surface area is 156 Å². The first-order valence-corrected chi connectivity index (χ1v) is 8.27. The number of carbonyl (C=O) groups is 2. The van der Waals surface area contributed by atoms with E-state index in [0.717, 1.165) is 16.9 Å². The first-order chi connectivity index (χ1) is 13.1. The lowest BCUT2D eigenvalue weighted by Gasteiger charge is -2.04.